The fraction of sp³-hybridized carbons (Fsp3) is 0.778. The molecule has 2 heterocycles. The highest BCUT2D eigenvalue weighted by Gasteiger charge is 2.37. The van der Waals surface area contributed by atoms with Gasteiger partial charge in [-0.1, -0.05) is 6.92 Å². The van der Waals surface area contributed by atoms with Crippen molar-refractivity contribution in [3.05, 3.63) is 0 Å². The molecule has 2 fully saturated rings. The lowest BCUT2D eigenvalue weighted by Crippen LogP contribution is -2.42. The van der Waals surface area contributed by atoms with Crippen LogP contribution in [0.2, 0.25) is 0 Å². The van der Waals surface area contributed by atoms with Crippen LogP contribution in [-0.4, -0.2) is 54.0 Å². The van der Waals surface area contributed by atoms with Gasteiger partial charge in [0.05, 0.1) is 12.6 Å². The molecule has 78 valence electrons. The van der Waals surface area contributed by atoms with E-state index in [1.807, 2.05) is 0 Å². The lowest BCUT2D eigenvalue weighted by atomic mass is 10.2. The number of rotatable bonds is 2. The molecular weight excluding hydrogens is 182 g/mol. The Bertz CT molecular complexity index is 251. The van der Waals surface area contributed by atoms with Gasteiger partial charge in [0.15, 0.2) is 0 Å². The number of nitrogens with one attached hydrogen (secondary N) is 1. The van der Waals surface area contributed by atoms with E-state index in [9.17, 15) is 9.59 Å². The summed E-state index contributed by atoms with van der Waals surface area (Å²) in [7, 11) is 0. The number of carbonyl (C=O) groups is 2. The number of amides is 3. The summed E-state index contributed by atoms with van der Waals surface area (Å²) in [4.78, 5) is 26.4. The normalized spacial score (nSPS) is 28.6. The van der Waals surface area contributed by atoms with Crippen LogP contribution in [0.5, 0.6) is 0 Å². The molecule has 5 nitrogen and oxygen atoms in total. The molecule has 2 aliphatic heterocycles. The second-order valence-electron chi connectivity index (χ2n) is 3.76. The minimum absolute atomic E-state index is 0.0852. The molecule has 1 unspecified atom stereocenters. The molecule has 14 heavy (non-hydrogen) atoms. The average Bonchev–Trinajstić information content (AvgIpc) is 2.73. The van der Waals surface area contributed by atoms with Crippen LogP contribution in [0.1, 0.15) is 13.3 Å². The lowest BCUT2D eigenvalue weighted by molar-refractivity contribution is -0.126. The molecular formula is C9H15N3O2. The molecule has 5 heteroatoms. The minimum atomic E-state index is -0.224. The predicted octanol–water partition coefficient (Wildman–Crippen LogP) is -0.368. The minimum Gasteiger partial charge on any atom is -0.329 e. The average molecular weight is 197 g/mol. The summed E-state index contributed by atoms with van der Waals surface area (Å²) in [5, 5.41) is 2.55. The molecule has 0 bridgehead atoms. The fourth-order valence-corrected chi connectivity index (χ4v) is 2.11. The van der Waals surface area contributed by atoms with E-state index in [0.717, 1.165) is 26.1 Å². The standard InChI is InChI=1S/C9H15N3O2/c1-2-11-4-3-7(6-11)12-8(13)5-10-9(12)14/h7H,2-6H2,1H3,(H,10,14). The molecule has 1 N–H and O–H groups in total. The number of imide groups is 1. The number of urea groups is 1. The van der Waals surface area contributed by atoms with E-state index >= 15 is 0 Å². The van der Waals surface area contributed by atoms with Gasteiger partial charge in [-0.05, 0) is 13.0 Å². The van der Waals surface area contributed by atoms with Crippen LogP contribution < -0.4 is 5.32 Å². The van der Waals surface area contributed by atoms with Crippen molar-refractivity contribution >= 4 is 11.9 Å². The van der Waals surface area contributed by atoms with Crippen molar-refractivity contribution < 1.29 is 9.59 Å². The third kappa shape index (κ3) is 1.48. The summed E-state index contributed by atoms with van der Waals surface area (Å²) in [6.45, 7) is 5.06. The van der Waals surface area contributed by atoms with Gasteiger partial charge in [-0.15, -0.1) is 0 Å². The van der Waals surface area contributed by atoms with Crippen molar-refractivity contribution in [2.24, 2.45) is 0 Å². The Morgan fingerprint density at radius 3 is 2.79 bits per heavy atom. The van der Waals surface area contributed by atoms with Gasteiger partial charge in [-0.2, -0.15) is 0 Å². The van der Waals surface area contributed by atoms with Gasteiger partial charge in [0, 0.05) is 13.1 Å². The van der Waals surface area contributed by atoms with Gasteiger partial charge >= 0.3 is 6.03 Å². The Kier molecular flexibility index (Phi) is 2.41. The first-order valence-corrected chi connectivity index (χ1v) is 5.04. The lowest BCUT2D eigenvalue weighted by Gasteiger charge is -2.20. The van der Waals surface area contributed by atoms with Crippen LogP contribution in [-0.2, 0) is 4.79 Å². The highest BCUT2D eigenvalue weighted by atomic mass is 16.2. The van der Waals surface area contributed by atoms with Crippen LogP contribution in [0, 0.1) is 0 Å². The van der Waals surface area contributed by atoms with Crippen molar-refractivity contribution in [2.45, 2.75) is 19.4 Å². The second-order valence-corrected chi connectivity index (χ2v) is 3.76. The van der Waals surface area contributed by atoms with Crippen molar-refractivity contribution in [3.8, 4) is 0 Å². The van der Waals surface area contributed by atoms with Gasteiger partial charge in [0.1, 0.15) is 0 Å². The maximum atomic E-state index is 11.4. The molecule has 2 saturated heterocycles. The topological polar surface area (TPSA) is 52.6 Å². The van der Waals surface area contributed by atoms with E-state index in [-0.39, 0.29) is 24.5 Å². The SMILES string of the molecule is CCN1CCC(N2C(=O)CNC2=O)C1. The van der Waals surface area contributed by atoms with Crippen molar-refractivity contribution in [2.75, 3.05) is 26.2 Å². The summed E-state index contributed by atoms with van der Waals surface area (Å²) < 4.78 is 0. The van der Waals surface area contributed by atoms with E-state index in [1.54, 1.807) is 0 Å². The number of carbonyl (C=O) groups excluding carboxylic acids is 2. The Morgan fingerprint density at radius 1 is 1.50 bits per heavy atom. The number of nitrogens with zero attached hydrogens (tertiary/aromatic N) is 2. The first kappa shape index (κ1) is 9.45. The van der Waals surface area contributed by atoms with E-state index in [1.165, 1.54) is 4.90 Å². The maximum Gasteiger partial charge on any atom is 0.324 e. The Balaban J connectivity index is 2.02. The third-order valence-electron chi connectivity index (χ3n) is 2.94. The van der Waals surface area contributed by atoms with Gasteiger partial charge in [0.25, 0.3) is 0 Å². The third-order valence-corrected chi connectivity index (χ3v) is 2.94. The predicted molar refractivity (Wildman–Crippen MR) is 50.8 cm³/mol. The van der Waals surface area contributed by atoms with Crippen LogP contribution >= 0.6 is 0 Å². The highest BCUT2D eigenvalue weighted by molar-refractivity contribution is 6.02. The van der Waals surface area contributed by atoms with Crippen LogP contribution in [0.3, 0.4) is 0 Å². The second kappa shape index (κ2) is 3.57. The molecule has 0 aromatic rings. The molecule has 0 aliphatic carbocycles. The fourth-order valence-electron chi connectivity index (χ4n) is 2.11. The smallest absolute Gasteiger partial charge is 0.324 e. The molecule has 0 aromatic heterocycles. The molecule has 3 amide bonds. The van der Waals surface area contributed by atoms with E-state index in [4.69, 9.17) is 0 Å². The van der Waals surface area contributed by atoms with E-state index in [2.05, 4.69) is 17.1 Å². The van der Waals surface area contributed by atoms with Crippen molar-refractivity contribution in [3.63, 3.8) is 0 Å². The first-order valence-electron chi connectivity index (χ1n) is 5.04. The summed E-state index contributed by atoms with van der Waals surface area (Å²) in [5.74, 6) is -0.0852. The molecule has 1 atom stereocenters. The molecule has 0 radical (unpaired) electrons. The first-order chi connectivity index (χ1) is 6.72. The van der Waals surface area contributed by atoms with Gasteiger partial charge < -0.3 is 10.2 Å². The number of hydrogen-bond acceptors (Lipinski definition) is 3. The van der Waals surface area contributed by atoms with Crippen molar-refractivity contribution in [1.29, 1.82) is 0 Å². The maximum absolute atomic E-state index is 11.4. The van der Waals surface area contributed by atoms with Crippen LogP contribution in [0.25, 0.3) is 0 Å². The molecule has 0 aromatic carbocycles. The Hall–Kier alpha value is -1.10. The molecule has 0 saturated carbocycles. The molecule has 2 rings (SSSR count). The van der Waals surface area contributed by atoms with E-state index < -0.39 is 0 Å². The summed E-state index contributed by atoms with van der Waals surface area (Å²) in [5.41, 5.74) is 0. The highest BCUT2D eigenvalue weighted by Crippen LogP contribution is 2.17. The van der Waals surface area contributed by atoms with Gasteiger partial charge in [-0.3, -0.25) is 9.69 Å². The monoisotopic (exact) mass is 197 g/mol. The quantitative estimate of drug-likeness (QED) is 0.615. The number of hydrogen-bond donors (Lipinski definition) is 1. The largest absolute Gasteiger partial charge is 0.329 e. The van der Waals surface area contributed by atoms with Gasteiger partial charge in [0.2, 0.25) is 5.91 Å². The number of likely N-dealkylation sites (N-methyl/N-ethyl adjacent to an activating group) is 1. The molecule has 2 aliphatic rings. The Labute approximate surface area is 83.0 Å². The van der Waals surface area contributed by atoms with E-state index in [0.29, 0.717) is 0 Å². The van der Waals surface area contributed by atoms with Crippen LogP contribution in [0.15, 0.2) is 0 Å². The zero-order valence-corrected chi connectivity index (χ0v) is 8.32. The van der Waals surface area contributed by atoms with Crippen molar-refractivity contribution in [1.82, 2.24) is 15.1 Å². The summed E-state index contributed by atoms with van der Waals surface area (Å²) in [6.07, 6.45) is 0.910. The van der Waals surface area contributed by atoms with Gasteiger partial charge in [-0.25, -0.2) is 4.79 Å². The summed E-state index contributed by atoms with van der Waals surface area (Å²) in [6, 6.07) is -0.136. The Morgan fingerprint density at radius 2 is 2.29 bits per heavy atom. The zero-order valence-electron chi connectivity index (χ0n) is 8.32. The number of likely N-dealkylation sites (tertiary alicyclic amines) is 1. The summed E-state index contributed by atoms with van der Waals surface area (Å²) >= 11 is 0. The molecule has 0 spiro atoms. The van der Waals surface area contributed by atoms with Crippen LogP contribution in [0.4, 0.5) is 4.79 Å². The zero-order chi connectivity index (χ0) is 10.1.